The molecule has 0 unspecified atom stereocenters. The third kappa shape index (κ3) is 2.82. The first-order chi connectivity index (χ1) is 15.5. The summed E-state index contributed by atoms with van der Waals surface area (Å²) >= 11 is 1.57. The predicted octanol–water partition coefficient (Wildman–Crippen LogP) is 4.60. The van der Waals surface area contributed by atoms with Gasteiger partial charge in [0.15, 0.2) is 0 Å². The molecular weight excluding hydrogens is 420 g/mol. The second-order valence-electron chi connectivity index (χ2n) is 8.43. The molecule has 3 N–H and O–H groups in total. The van der Waals surface area contributed by atoms with E-state index in [-0.39, 0.29) is 6.42 Å². The zero-order valence-electron chi connectivity index (χ0n) is 17.3. The standard InChI is InChI=1S/C25H20N4O2S/c1-24(30)14-25(31,21-19(24)8-4-9-26-21)16-6-2-5-15(11-16)20-13-32-23(29-20)18-12-28-22-17(18)7-3-10-27-22/h2-13,30-31H,14H2,1H3,(H,27,28)/t24-,25+/m1/s1. The van der Waals surface area contributed by atoms with Crippen LogP contribution in [0.3, 0.4) is 0 Å². The zero-order valence-corrected chi connectivity index (χ0v) is 18.1. The molecule has 6 rings (SSSR count). The Morgan fingerprint density at radius 1 is 1.03 bits per heavy atom. The topological polar surface area (TPSA) is 94.9 Å². The van der Waals surface area contributed by atoms with E-state index in [4.69, 9.17) is 4.98 Å². The number of H-pyrrole nitrogens is 1. The molecule has 0 saturated heterocycles. The molecule has 158 valence electrons. The van der Waals surface area contributed by atoms with Crippen LogP contribution in [0.5, 0.6) is 0 Å². The van der Waals surface area contributed by atoms with Crippen molar-refractivity contribution < 1.29 is 10.2 Å². The lowest BCUT2D eigenvalue weighted by atomic mass is 9.88. The molecule has 5 aromatic rings. The summed E-state index contributed by atoms with van der Waals surface area (Å²) in [6.07, 6.45) is 5.50. The van der Waals surface area contributed by atoms with Crippen LogP contribution < -0.4 is 0 Å². The Bertz CT molecular complexity index is 1470. The van der Waals surface area contributed by atoms with Gasteiger partial charge in [0, 0.05) is 52.5 Å². The Labute approximate surface area is 188 Å². The summed E-state index contributed by atoms with van der Waals surface area (Å²) in [5.41, 5.74) is 2.94. The number of aliphatic hydroxyl groups is 2. The minimum absolute atomic E-state index is 0.153. The number of pyridine rings is 2. The third-order valence-electron chi connectivity index (χ3n) is 6.20. The molecule has 0 amide bonds. The highest BCUT2D eigenvalue weighted by atomic mass is 32.1. The molecule has 32 heavy (non-hydrogen) atoms. The summed E-state index contributed by atoms with van der Waals surface area (Å²) in [4.78, 5) is 16.8. The Hall–Kier alpha value is -3.39. The van der Waals surface area contributed by atoms with Crippen LogP contribution in [-0.2, 0) is 11.2 Å². The first-order valence-electron chi connectivity index (χ1n) is 10.4. The van der Waals surface area contributed by atoms with Gasteiger partial charge in [0.05, 0.1) is 17.0 Å². The van der Waals surface area contributed by atoms with Gasteiger partial charge in [-0.1, -0.05) is 24.3 Å². The molecule has 0 aliphatic heterocycles. The van der Waals surface area contributed by atoms with E-state index in [2.05, 4.69) is 15.0 Å². The van der Waals surface area contributed by atoms with Gasteiger partial charge >= 0.3 is 0 Å². The number of thiazole rings is 1. The maximum absolute atomic E-state index is 11.6. The highest BCUT2D eigenvalue weighted by Crippen LogP contribution is 2.49. The molecule has 1 aromatic carbocycles. The number of hydrogen-bond acceptors (Lipinski definition) is 6. The van der Waals surface area contributed by atoms with Crippen LogP contribution in [0.2, 0.25) is 0 Å². The summed E-state index contributed by atoms with van der Waals surface area (Å²) in [6, 6.07) is 15.3. The van der Waals surface area contributed by atoms with Gasteiger partial charge in [-0.2, -0.15) is 0 Å². The van der Waals surface area contributed by atoms with Crippen molar-refractivity contribution in [2.24, 2.45) is 0 Å². The van der Waals surface area contributed by atoms with Crippen molar-refractivity contribution in [1.82, 2.24) is 19.9 Å². The Morgan fingerprint density at radius 2 is 1.88 bits per heavy atom. The van der Waals surface area contributed by atoms with Crippen LogP contribution in [0, 0.1) is 0 Å². The van der Waals surface area contributed by atoms with Gasteiger partial charge < -0.3 is 15.2 Å². The average Bonchev–Trinajstić information content (AvgIpc) is 3.50. The van der Waals surface area contributed by atoms with Crippen LogP contribution >= 0.6 is 11.3 Å². The molecule has 4 heterocycles. The Kier molecular flexibility index (Phi) is 4.10. The highest BCUT2D eigenvalue weighted by Gasteiger charge is 2.50. The first-order valence-corrected chi connectivity index (χ1v) is 11.2. The lowest BCUT2D eigenvalue weighted by molar-refractivity contribution is -0.0143. The minimum Gasteiger partial charge on any atom is -0.385 e. The van der Waals surface area contributed by atoms with Crippen molar-refractivity contribution in [2.45, 2.75) is 24.5 Å². The lowest BCUT2D eigenvalue weighted by Gasteiger charge is -2.25. The zero-order chi connectivity index (χ0) is 21.9. The van der Waals surface area contributed by atoms with Crippen LogP contribution in [0.1, 0.15) is 30.2 Å². The van der Waals surface area contributed by atoms with E-state index >= 15 is 0 Å². The van der Waals surface area contributed by atoms with Gasteiger partial charge in [0.25, 0.3) is 0 Å². The highest BCUT2D eigenvalue weighted by molar-refractivity contribution is 7.13. The Morgan fingerprint density at radius 3 is 2.78 bits per heavy atom. The molecule has 1 aliphatic carbocycles. The van der Waals surface area contributed by atoms with Crippen LogP contribution in [0.4, 0.5) is 0 Å². The second kappa shape index (κ2) is 6.80. The van der Waals surface area contributed by atoms with Gasteiger partial charge in [0.1, 0.15) is 16.3 Å². The van der Waals surface area contributed by atoms with E-state index in [1.165, 1.54) is 0 Å². The van der Waals surface area contributed by atoms with E-state index in [9.17, 15) is 10.2 Å². The van der Waals surface area contributed by atoms with Crippen LogP contribution in [-0.4, -0.2) is 30.1 Å². The lowest BCUT2D eigenvalue weighted by Crippen LogP contribution is -2.28. The number of benzene rings is 1. The van der Waals surface area contributed by atoms with E-state index in [0.29, 0.717) is 16.8 Å². The summed E-state index contributed by atoms with van der Waals surface area (Å²) in [7, 11) is 0. The number of aromatic nitrogens is 4. The number of nitrogens with zero attached hydrogens (tertiary/aromatic N) is 3. The van der Waals surface area contributed by atoms with Gasteiger partial charge in [-0.25, -0.2) is 9.97 Å². The van der Waals surface area contributed by atoms with Gasteiger partial charge in [0.2, 0.25) is 0 Å². The summed E-state index contributed by atoms with van der Waals surface area (Å²) < 4.78 is 0. The monoisotopic (exact) mass is 440 g/mol. The number of aromatic amines is 1. The molecule has 1 aliphatic rings. The molecule has 7 heteroatoms. The molecule has 0 radical (unpaired) electrons. The maximum atomic E-state index is 11.6. The van der Waals surface area contributed by atoms with Crippen LogP contribution in [0.25, 0.3) is 32.9 Å². The number of fused-ring (bicyclic) bond motifs is 2. The smallest absolute Gasteiger partial charge is 0.137 e. The summed E-state index contributed by atoms with van der Waals surface area (Å²) in [5, 5.41) is 26.5. The van der Waals surface area contributed by atoms with Gasteiger partial charge in [-0.3, -0.25) is 4.98 Å². The van der Waals surface area contributed by atoms with Crippen molar-refractivity contribution in [3.05, 3.63) is 89.3 Å². The molecule has 0 saturated carbocycles. The van der Waals surface area contributed by atoms with E-state index in [0.717, 1.165) is 32.9 Å². The van der Waals surface area contributed by atoms with E-state index in [1.807, 2.05) is 54.0 Å². The molecule has 0 bridgehead atoms. The summed E-state index contributed by atoms with van der Waals surface area (Å²) in [6.45, 7) is 1.72. The average molecular weight is 441 g/mol. The fourth-order valence-electron chi connectivity index (χ4n) is 4.68. The van der Waals surface area contributed by atoms with Gasteiger partial charge in [-0.05, 0) is 36.8 Å². The third-order valence-corrected chi connectivity index (χ3v) is 7.08. The molecular formula is C25H20N4O2S. The van der Waals surface area contributed by atoms with Crippen molar-refractivity contribution in [2.75, 3.05) is 0 Å². The van der Waals surface area contributed by atoms with E-state index < -0.39 is 11.2 Å². The molecule has 0 spiro atoms. The molecule has 4 aromatic heterocycles. The normalized spacial score (nSPS) is 22.3. The quantitative estimate of drug-likeness (QED) is 0.381. The van der Waals surface area contributed by atoms with Crippen molar-refractivity contribution in [1.29, 1.82) is 0 Å². The fraction of sp³-hybridized carbons (Fsp3) is 0.160. The minimum atomic E-state index is -1.36. The van der Waals surface area contributed by atoms with E-state index in [1.54, 1.807) is 36.7 Å². The number of rotatable bonds is 3. The molecule has 2 atom stereocenters. The largest absolute Gasteiger partial charge is 0.385 e. The first kappa shape index (κ1) is 19.3. The number of hydrogen-bond donors (Lipinski definition) is 3. The molecule has 0 fully saturated rings. The SMILES string of the molecule is C[C@@]1(O)C[C@](O)(c2cccc(-c3csc(-c4c[nH]c5ncccc45)n3)c2)c2ncccc21. The number of nitrogens with one attached hydrogen (secondary N) is 1. The second-order valence-corrected chi connectivity index (χ2v) is 9.29. The Balaban J connectivity index is 1.41. The van der Waals surface area contributed by atoms with Crippen LogP contribution in [0.15, 0.2) is 72.5 Å². The molecule has 6 nitrogen and oxygen atoms in total. The van der Waals surface area contributed by atoms with Crippen molar-refractivity contribution >= 4 is 22.4 Å². The van der Waals surface area contributed by atoms with Gasteiger partial charge in [-0.15, -0.1) is 11.3 Å². The fourth-order valence-corrected chi connectivity index (χ4v) is 5.54. The summed E-state index contributed by atoms with van der Waals surface area (Å²) in [5.74, 6) is 0. The predicted molar refractivity (Wildman–Crippen MR) is 124 cm³/mol. The van der Waals surface area contributed by atoms with Crippen molar-refractivity contribution in [3.8, 4) is 21.8 Å². The maximum Gasteiger partial charge on any atom is 0.137 e. The van der Waals surface area contributed by atoms with Crippen molar-refractivity contribution in [3.63, 3.8) is 0 Å².